The molecule has 1 amide bonds. The zero-order chi connectivity index (χ0) is 16.2. The number of hydrogen-bond donors (Lipinski definition) is 1. The van der Waals surface area contributed by atoms with Crippen LogP contribution in [0.15, 0.2) is 24.3 Å². The van der Waals surface area contributed by atoms with Gasteiger partial charge in [-0.15, -0.1) is 0 Å². The lowest BCUT2D eigenvalue weighted by Crippen LogP contribution is -2.48. The molecule has 1 aromatic carbocycles. The van der Waals surface area contributed by atoms with Gasteiger partial charge in [-0.1, -0.05) is 12.1 Å². The maximum atomic E-state index is 12.7. The van der Waals surface area contributed by atoms with E-state index in [1.54, 1.807) is 29.2 Å². The molecule has 5 nitrogen and oxygen atoms in total. The maximum Gasteiger partial charge on any atom is 0.415 e. The Balaban J connectivity index is 1.89. The third-order valence-electron chi connectivity index (χ3n) is 3.23. The summed E-state index contributed by atoms with van der Waals surface area (Å²) in [6.45, 7) is 0.516. The summed E-state index contributed by atoms with van der Waals surface area (Å²) in [6, 6.07) is 6.79. The summed E-state index contributed by atoms with van der Waals surface area (Å²) in [7, 11) is 0. The van der Waals surface area contributed by atoms with Crippen LogP contribution < -0.4 is 10.5 Å². The lowest BCUT2D eigenvalue weighted by molar-refractivity contribution is -0.237. The van der Waals surface area contributed by atoms with E-state index in [0.29, 0.717) is 18.8 Å². The van der Waals surface area contributed by atoms with Crippen LogP contribution in [0.1, 0.15) is 5.56 Å². The van der Waals surface area contributed by atoms with Gasteiger partial charge in [0, 0.05) is 19.6 Å². The number of alkyl halides is 3. The Bertz CT molecular complexity index is 505. The number of benzene rings is 1. The van der Waals surface area contributed by atoms with E-state index >= 15 is 0 Å². The third kappa shape index (κ3) is 4.88. The maximum absolute atomic E-state index is 12.7. The number of halogens is 3. The van der Waals surface area contributed by atoms with E-state index in [1.807, 2.05) is 0 Å². The van der Waals surface area contributed by atoms with E-state index in [4.69, 9.17) is 15.2 Å². The van der Waals surface area contributed by atoms with Gasteiger partial charge in [-0.2, -0.15) is 13.2 Å². The second-order valence-corrected chi connectivity index (χ2v) is 5.04. The number of rotatable bonds is 5. The lowest BCUT2D eigenvalue weighted by Gasteiger charge is -2.33. The van der Waals surface area contributed by atoms with E-state index in [1.165, 1.54) is 0 Å². The topological polar surface area (TPSA) is 64.8 Å². The van der Waals surface area contributed by atoms with Gasteiger partial charge in [0.1, 0.15) is 5.75 Å². The Morgan fingerprint density at radius 1 is 1.36 bits per heavy atom. The highest BCUT2D eigenvalue weighted by molar-refractivity contribution is 5.75. The van der Waals surface area contributed by atoms with Crippen LogP contribution in [0.3, 0.4) is 0 Å². The summed E-state index contributed by atoms with van der Waals surface area (Å²) in [6.07, 6.45) is -6.08. The van der Waals surface area contributed by atoms with Crippen LogP contribution in [0.2, 0.25) is 0 Å². The SMILES string of the molecule is NC(=O)COc1ccc(CN2CCO[C@H](C(F)(F)F)C2)cc1. The monoisotopic (exact) mass is 318 g/mol. The average Bonchev–Trinajstić information content (AvgIpc) is 2.46. The van der Waals surface area contributed by atoms with Gasteiger partial charge in [0.15, 0.2) is 12.7 Å². The minimum atomic E-state index is -4.34. The molecule has 1 aromatic rings. The number of nitrogens with zero attached hydrogens (tertiary/aromatic N) is 1. The first-order valence-electron chi connectivity index (χ1n) is 6.75. The van der Waals surface area contributed by atoms with Crippen LogP contribution in [0.5, 0.6) is 5.75 Å². The van der Waals surface area contributed by atoms with Crippen molar-refractivity contribution in [1.82, 2.24) is 4.90 Å². The standard InChI is InChI=1S/C14H17F3N2O3/c15-14(16,17)12-8-19(5-6-21-12)7-10-1-3-11(4-2-10)22-9-13(18)20/h1-4,12H,5-9H2,(H2,18,20)/t12-/m0/s1. The highest BCUT2D eigenvalue weighted by Gasteiger charge is 2.43. The molecule has 1 aliphatic rings. The van der Waals surface area contributed by atoms with Crippen LogP contribution in [-0.2, 0) is 16.1 Å². The summed E-state index contributed by atoms with van der Waals surface area (Å²) in [4.78, 5) is 12.3. The largest absolute Gasteiger partial charge is 0.484 e. The molecule has 1 fully saturated rings. The molecule has 0 aromatic heterocycles. The van der Waals surface area contributed by atoms with E-state index in [-0.39, 0.29) is 19.8 Å². The second-order valence-electron chi connectivity index (χ2n) is 5.04. The van der Waals surface area contributed by atoms with Crippen molar-refractivity contribution < 1.29 is 27.4 Å². The Labute approximate surface area is 125 Å². The molecule has 0 saturated carbocycles. The highest BCUT2D eigenvalue weighted by Crippen LogP contribution is 2.26. The summed E-state index contributed by atoms with van der Waals surface area (Å²) in [5, 5.41) is 0. The molecule has 0 spiro atoms. The average molecular weight is 318 g/mol. The van der Waals surface area contributed by atoms with Crippen molar-refractivity contribution in [2.75, 3.05) is 26.3 Å². The number of nitrogens with two attached hydrogens (primary N) is 1. The molecular weight excluding hydrogens is 301 g/mol. The van der Waals surface area contributed by atoms with E-state index < -0.39 is 18.2 Å². The molecule has 1 saturated heterocycles. The zero-order valence-electron chi connectivity index (χ0n) is 11.8. The zero-order valence-corrected chi connectivity index (χ0v) is 11.8. The number of hydrogen-bond acceptors (Lipinski definition) is 4. The number of amides is 1. The Morgan fingerprint density at radius 2 is 2.05 bits per heavy atom. The van der Waals surface area contributed by atoms with E-state index in [2.05, 4.69) is 0 Å². The van der Waals surface area contributed by atoms with Crippen LogP contribution in [0, 0.1) is 0 Å². The first-order chi connectivity index (χ1) is 10.3. The van der Waals surface area contributed by atoms with E-state index in [9.17, 15) is 18.0 Å². The highest BCUT2D eigenvalue weighted by atomic mass is 19.4. The number of ether oxygens (including phenoxy) is 2. The van der Waals surface area contributed by atoms with Gasteiger partial charge in [0.05, 0.1) is 6.61 Å². The Morgan fingerprint density at radius 3 is 2.64 bits per heavy atom. The van der Waals surface area contributed by atoms with Gasteiger partial charge in [0.2, 0.25) is 0 Å². The Hall–Kier alpha value is -1.80. The lowest BCUT2D eigenvalue weighted by atomic mass is 10.2. The number of carbonyl (C=O) groups excluding carboxylic acids is 1. The first kappa shape index (κ1) is 16.6. The summed E-state index contributed by atoms with van der Waals surface area (Å²) in [5.41, 5.74) is 5.82. The number of primary amides is 1. The summed E-state index contributed by atoms with van der Waals surface area (Å²) >= 11 is 0. The minimum Gasteiger partial charge on any atom is -0.484 e. The molecule has 8 heteroatoms. The van der Waals surface area contributed by atoms with Crippen LogP contribution in [-0.4, -0.2) is 49.4 Å². The fraction of sp³-hybridized carbons (Fsp3) is 0.500. The predicted molar refractivity (Wildman–Crippen MR) is 72.2 cm³/mol. The fourth-order valence-electron chi connectivity index (χ4n) is 2.15. The molecule has 2 rings (SSSR count). The van der Waals surface area contributed by atoms with Crippen molar-refractivity contribution in [2.24, 2.45) is 5.73 Å². The molecule has 122 valence electrons. The molecular formula is C14H17F3N2O3. The normalized spacial score (nSPS) is 19.9. The minimum absolute atomic E-state index is 0.0595. The molecule has 0 unspecified atom stereocenters. The molecule has 22 heavy (non-hydrogen) atoms. The molecule has 0 aliphatic carbocycles. The van der Waals surface area contributed by atoms with Crippen LogP contribution in [0.4, 0.5) is 13.2 Å². The third-order valence-corrected chi connectivity index (χ3v) is 3.23. The smallest absolute Gasteiger partial charge is 0.415 e. The van der Waals surface area contributed by atoms with Gasteiger partial charge in [-0.3, -0.25) is 9.69 Å². The quantitative estimate of drug-likeness (QED) is 0.889. The predicted octanol–water partition coefficient (Wildman–Crippen LogP) is 1.31. The van der Waals surface area contributed by atoms with Crippen molar-refractivity contribution in [1.29, 1.82) is 0 Å². The molecule has 2 N–H and O–H groups in total. The van der Waals surface area contributed by atoms with Crippen molar-refractivity contribution in [3.63, 3.8) is 0 Å². The summed E-state index contributed by atoms with van der Waals surface area (Å²) in [5.74, 6) is -0.0896. The summed E-state index contributed by atoms with van der Waals surface area (Å²) < 4.78 is 47.8. The van der Waals surface area contributed by atoms with Crippen molar-refractivity contribution >= 4 is 5.91 Å². The fourth-order valence-corrected chi connectivity index (χ4v) is 2.15. The van der Waals surface area contributed by atoms with Gasteiger partial charge >= 0.3 is 6.18 Å². The first-order valence-corrected chi connectivity index (χ1v) is 6.75. The van der Waals surface area contributed by atoms with Crippen molar-refractivity contribution in [3.8, 4) is 5.75 Å². The molecule has 1 heterocycles. The van der Waals surface area contributed by atoms with Crippen molar-refractivity contribution in [3.05, 3.63) is 29.8 Å². The molecule has 1 atom stereocenters. The Kier molecular flexibility index (Phi) is 5.25. The van der Waals surface area contributed by atoms with Gasteiger partial charge in [0.25, 0.3) is 5.91 Å². The molecule has 1 aliphatic heterocycles. The number of morpholine rings is 1. The van der Waals surface area contributed by atoms with E-state index in [0.717, 1.165) is 5.56 Å². The molecule has 0 bridgehead atoms. The second kappa shape index (κ2) is 6.97. The van der Waals surface area contributed by atoms with Crippen molar-refractivity contribution in [2.45, 2.75) is 18.8 Å². The van der Waals surface area contributed by atoms with Crippen LogP contribution in [0.25, 0.3) is 0 Å². The number of carbonyl (C=O) groups is 1. The van der Waals surface area contributed by atoms with Gasteiger partial charge in [-0.05, 0) is 17.7 Å². The van der Waals surface area contributed by atoms with Gasteiger partial charge in [-0.25, -0.2) is 0 Å². The van der Waals surface area contributed by atoms with Crippen LogP contribution >= 0.6 is 0 Å². The molecule has 0 radical (unpaired) electrons. The van der Waals surface area contributed by atoms with Gasteiger partial charge < -0.3 is 15.2 Å².